The zero-order valence-electron chi connectivity index (χ0n) is 14.1. The van der Waals surface area contributed by atoms with Crippen LogP contribution in [0.25, 0.3) is 0 Å². The molecule has 3 N–H and O–H groups in total. The Morgan fingerprint density at radius 1 is 0.880 bits per heavy atom. The van der Waals surface area contributed by atoms with E-state index in [1.54, 1.807) is 12.1 Å². The second-order valence-electron chi connectivity index (χ2n) is 5.98. The number of primary sulfonamides is 1. The molecule has 0 heterocycles. The third kappa shape index (κ3) is 7.07. The number of rotatable bonds is 9. The highest BCUT2D eigenvalue weighted by Crippen LogP contribution is 2.09. The van der Waals surface area contributed by atoms with Crippen molar-refractivity contribution in [3.8, 4) is 0 Å². The van der Waals surface area contributed by atoms with Crippen molar-refractivity contribution < 1.29 is 13.2 Å². The fraction of sp³-hybridized carbons (Fsp3) is 0.316. The summed E-state index contributed by atoms with van der Waals surface area (Å²) in [6.45, 7) is 0.534. The molecule has 2 aromatic carbocycles. The molecule has 0 aliphatic heterocycles. The lowest BCUT2D eigenvalue weighted by atomic mass is 10.1. The highest BCUT2D eigenvalue weighted by molar-refractivity contribution is 7.89. The summed E-state index contributed by atoms with van der Waals surface area (Å²) in [4.78, 5) is 11.9. The van der Waals surface area contributed by atoms with Crippen molar-refractivity contribution in [1.82, 2.24) is 5.32 Å². The topological polar surface area (TPSA) is 89.3 Å². The lowest BCUT2D eigenvalue weighted by Crippen LogP contribution is -2.25. The van der Waals surface area contributed by atoms with Crippen molar-refractivity contribution in [1.29, 1.82) is 0 Å². The molecule has 0 saturated heterocycles. The zero-order chi connectivity index (χ0) is 18.1. The second-order valence-corrected chi connectivity index (χ2v) is 7.54. The highest BCUT2D eigenvalue weighted by Gasteiger charge is 2.07. The van der Waals surface area contributed by atoms with Crippen LogP contribution in [0.3, 0.4) is 0 Å². The molecule has 2 rings (SSSR count). The Kier molecular flexibility index (Phi) is 7.16. The monoisotopic (exact) mass is 360 g/mol. The minimum atomic E-state index is -3.66. The SMILES string of the molecule is NS(=O)(=O)c1ccc(CCNC(=O)CCCCc2ccccc2)cc1. The minimum absolute atomic E-state index is 0.0502. The van der Waals surface area contributed by atoms with Crippen molar-refractivity contribution >= 4 is 15.9 Å². The van der Waals surface area contributed by atoms with Gasteiger partial charge >= 0.3 is 0 Å². The van der Waals surface area contributed by atoms with E-state index in [2.05, 4.69) is 17.4 Å². The number of unbranched alkanes of at least 4 members (excludes halogenated alkanes) is 1. The molecule has 0 unspecified atom stereocenters. The molecular weight excluding hydrogens is 336 g/mol. The van der Waals surface area contributed by atoms with Gasteiger partial charge in [0.15, 0.2) is 0 Å². The van der Waals surface area contributed by atoms with E-state index in [0.29, 0.717) is 19.4 Å². The molecule has 0 radical (unpaired) electrons. The van der Waals surface area contributed by atoms with Gasteiger partial charge in [-0.25, -0.2) is 13.6 Å². The number of carbonyl (C=O) groups excluding carboxylic acids is 1. The van der Waals surface area contributed by atoms with Gasteiger partial charge in [0, 0.05) is 13.0 Å². The van der Waals surface area contributed by atoms with E-state index in [1.165, 1.54) is 17.7 Å². The molecule has 0 aliphatic rings. The largest absolute Gasteiger partial charge is 0.356 e. The van der Waals surface area contributed by atoms with E-state index in [-0.39, 0.29) is 10.8 Å². The molecule has 2 aromatic rings. The van der Waals surface area contributed by atoms with Crippen LogP contribution in [0.4, 0.5) is 0 Å². The average molecular weight is 360 g/mol. The van der Waals surface area contributed by atoms with Crippen LogP contribution in [-0.2, 0) is 27.7 Å². The fourth-order valence-electron chi connectivity index (χ4n) is 2.54. The molecule has 0 bridgehead atoms. The Morgan fingerprint density at radius 2 is 1.52 bits per heavy atom. The van der Waals surface area contributed by atoms with Crippen molar-refractivity contribution in [3.63, 3.8) is 0 Å². The van der Waals surface area contributed by atoms with Crippen LogP contribution < -0.4 is 10.5 Å². The van der Waals surface area contributed by atoms with Gasteiger partial charge in [-0.1, -0.05) is 42.5 Å². The van der Waals surface area contributed by atoms with Crippen LogP contribution in [0.15, 0.2) is 59.5 Å². The lowest BCUT2D eigenvalue weighted by Gasteiger charge is -2.06. The number of aryl methyl sites for hydroxylation is 1. The number of nitrogens with two attached hydrogens (primary N) is 1. The maximum absolute atomic E-state index is 11.8. The number of hydrogen-bond donors (Lipinski definition) is 2. The van der Waals surface area contributed by atoms with Crippen LogP contribution in [0.1, 0.15) is 30.4 Å². The molecule has 25 heavy (non-hydrogen) atoms. The molecule has 1 amide bonds. The summed E-state index contributed by atoms with van der Waals surface area (Å²) in [6, 6.07) is 16.6. The number of hydrogen-bond acceptors (Lipinski definition) is 3. The quantitative estimate of drug-likeness (QED) is 0.673. The third-order valence-electron chi connectivity index (χ3n) is 3.95. The van der Waals surface area contributed by atoms with Crippen molar-refractivity contribution in [2.75, 3.05) is 6.54 Å². The molecule has 0 fully saturated rings. The van der Waals surface area contributed by atoms with Crippen molar-refractivity contribution in [3.05, 3.63) is 65.7 Å². The number of benzene rings is 2. The molecule has 6 heteroatoms. The van der Waals surface area contributed by atoms with Gasteiger partial charge in [-0.15, -0.1) is 0 Å². The first-order valence-corrected chi connectivity index (χ1v) is 9.92. The van der Waals surface area contributed by atoms with Gasteiger partial charge < -0.3 is 5.32 Å². The summed E-state index contributed by atoms with van der Waals surface area (Å²) in [5, 5.41) is 7.95. The Balaban J connectivity index is 1.62. The standard InChI is InChI=1S/C19H24N2O3S/c20-25(23,24)18-12-10-17(11-13-18)14-15-21-19(22)9-5-4-8-16-6-2-1-3-7-16/h1-3,6-7,10-13H,4-5,8-9,14-15H2,(H,21,22)(H2,20,23,24). The molecule has 0 aliphatic carbocycles. The maximum Gasteiger partial charge on any atom is 0.238 e. The van der Waals surface area contributed by atoms with Gasteiger partial charge in [0.1, 0.15) is 0 Å². The molecular formula is C19H24N2O3S. The van der Waals surface area contributed by atoms with E-state index in [4.69, 9.17) is 5.14 Å². The summed E-state index contributed by atoms with van der Waals surface area (Å²) in [5.74, 6) is 0.0502. The van der Waals surface area contributed by atoms with E-state index in [9.17, 15) is 13.2 Å². The number of carbonyl (C=O) groups is 1. The van der Waals surface area contributed by atoms with Gasteiger partial charge in [0.05, 0.1) is 4.90 Å². The Labute approximate surface area is 149 Å². The zero-order valence-corrected chi connectivity index (χ0v) is 15.0. The minimum Gasteiger partial charge on any atom is -0.356 e. The maximum atomic E-state index is 11.8. The second kappa shape index (κ2) is 9.34. The van der Waals surface area contributed by atoms with Crippen LogP contribution in [0, 0.1) is 0 Å². The first kappa shape index (κ1) is 19.1. The van der Waals surface area contributed by atoms with Crippen LogP contribution in [0.2, 0.25) is 0 Å². The predicted octanol–water partition coefficient (Wildman–Crippen LogP) is 2.41. The fourth-order valence-corrected chi connectivity index (χ4v) is 3.06. The van der Waals surface area contributed by atoms with Crippen LogP contribution in [0.5, 0.6) is 0 Å². The van der Waals surface area contributed by atoms with Gasteiger partial charge in [0.25, 0.3) is 0 Å². The summed E-state index contributed by atoms with van der Waals surface area (Å²) >= 11 is 0. The highest BCUT2D eigenvalue weighted by atomic mass is 32.2. The number of sulfonamides is 1. The van der Waals surface area contributed by atoms with E-state index >= 15 is 0 Å². The van der Waals surface area contributed by atoms with E-state index < -0.39 is 10.0 Å². The molecule has 0 spiro atoms. The summed E-state index contributed by atoms with van der Waals surface area (Å²) in [6.07, 6.45) is 4.03. The normalized spacial score (nSPS) is 11.2. The smallest absolute Gasteiger partial charge is 0.238 e. The average Bonchev–Trinajstić information content (AvgIpc) is 2.59. The number of nitrogens with one attached hydrogen (secondary N) is 1. The first-order valence-electron chi connectivity index (χ1n) is 8.37. The molecule has 5 nitrogen and oxygen atoms in total. The molecule has 134 valence electrons. The van der Waals surface area contributed by atoms with Gasteiger partial charge in [-0.3, -0.25) is 4.79 Å². The van der Waals surface area contributed by atoms with Gasteiger partial charge in [-0.2, -0.15) is 0 Å². The number of amides is 1. The Hall–Kier alpha value is -2.18. The first-order chi connectivity index (χ1) is 11.9. The lowest BCUT2D eigenvalue weighted by molar-refractivity contribution is -0.121. The van der Waals surface area contributed by atoms with Gasteiger partial charge in [0.2, 0.25) is 15.9 Å². The Morgan fingerprint density at radius 3 is 2.16 bits per heavy atom. The van der Waals surface area contributed by atoms with E-state index in [0.717, 1.165) is 24.8 Å². The summed E-state index contributed by atoms with van der Waals surface area (Å²) in [7, 11) is -3.66. The molecule has 0 atom stereocenters. The Bertz CT molecular complexity index is 772. The van der Waals surface area contributed by atoms with Crippen LogP contribution in [-0.4, -0.2) is 20.9 Å². The summed E-state index contributed by atoms with van der Waals surface area (Å²) in [5.41, 5.74) is 2.25. The molecule has 0 aromatic heterocycles. The van der Waals surface area contributed by atoms with E-state index in [1.807, 2.05) is 18.2 Å². The molecule has 0 saturated carbocycles. The summed E-state index contributed by atoms with van der Waals surface area (Å²) < 4.78 is 22.4. The van der Waals surface area contributed by atoms with Gasteiger partial charge in [-0.05, 0) is 48.9 Å². The van der Waals surface area contributed by atoms with Crippen molar-refractivity contribution in [2.45, 2.75) is 37.0 Å². The predicted molar refractivity (Wildman–Crippen MR) is 98.5 cm³/mol. The van der Waals surface area contributed by atoms with Crippen LogP contribution >= 0.6 is 0 Å². The van der Waals surface area contributed by atoms with Crippen molar-refractivity contribution in [2.24, 2.45) is 5.14 Å². The third-order valence-corrected chi connectivity index (χ3v) is 4.88.